The molecule has 22 heavy (non-hydrogen) atoms. The Bertz CT molecular complexity index is 737. The van der Waals surface area contributed by atoms with Crippen LogP contribution in [0.3, 0.4) is 0 Å². The maximum Gasteiger partial charge on any atom is 0.0457 e. The third kappa shape index (κ3) is 3.33. The van der Waals surface area contributed by atoms with Gasteiger partial charge in [-0.05, 0) is 23.6 Å². The van der Waals surface area contributed by atoms with Gasteiger partial charge in [-0.3, -0.25) is 0 Å². The molecule has 114 valence electrons. The number of hydrogen-bond donors (Lipinski definition) is 1. The molecule has 1 nitrogen and oxygen atoms in total. The zero-order valence-corrected chi connectivity index (χ0v) is 14.8. The number of nitrogens with one attached hydrogen (secondary N) is 1. The number of benzene rings is 2. The van der Waals surface area contributed by atoms with E-state index in [1.807, 2.05) is 0 Å². The van der Waals surface area contributed by atoms with Crippen molar-refractivity contribution in [1.82, 2.24) is 4.98 Å². The van der Waals surface area contributed by atoms with E-state index in [0.29, 0.717) is 5.92 Å². The molecule has 0 aliphatic carbocycles. The fourth-order valence-corrected chi connectivity index (χ4v) is 4.30. The third-order valence-electron chi connectivity index (χ3n) is 4.38. The molecule has 1 atom stereocenters. The average Bonchev–Trinajstić information content (AvgIpc) is 2.92. The van der Waals surface area contributed by atoms with Gasteiger partial charge in [0.05, 0.1) is 0 Å². The number of aromatic amines is 1. The van der Waals surface area contributed by atoms with Crippen molar-refractivity contribution in [3.63, 3.8) is 0 Å². The minimum absolute atomic E-state index is 0.490. The molecule has 1 N–H and O–H groups in total. The molecule has 2 aromatic carbocycles. The molecule has 0 fully saturated rings. The van der Waals surface area contributed by atoms with Gasteiger partial charge >= 0.3 is 0 Å². The van der Waals surface area contributed by atoms with Gasteiger partial charge in [0.15, 0.2) is 0 Å². The van der Waals surface area contributed by atoms with Crippen LogP contribution < -0.4 is 0 Å². The Morgan fingerprint density at radius 2 is 1.59 bits per heavy atom. The smallest absolute Gasteiger partial charge is 0.0457 e. The standard InChI is InChI=1S/C20H25NSi/c1-22(2,3)14-13-17(16-9-5-4-6-10-16)19-15-21-20-12-8-7-11-18(19)20/h4-12,15,17,21H,13-14H2,1-3H3. The third-order valence-corrected chi connectivity index (χ3v) is 6.17. The van der Waals surface area contributed by atoms with E-state index < -0.39 is 8.07 Å². The molecule has 0 aliphatic heterocycles. The van der Waals surface area contributed by atoms with Crippen molar-refractivity contribution in [2.75, 3.05) is 0 Å². The second-order valence-electron chi connectivity index (χ2n) is 7.35. The Balaban J connectivity index is 2.01. The number of hydrogen-bond acceptors (Lipinski definition) is 0. The molecule has 0 saturated carbocycles. The first-order chi connectivity index (χ1) is 10.5. The van der Waals surface area contributed by atoms with Gasteiger partial charge < -0.3 is 4.98 Å². The first-order valence-corrected chi connectivity index (χ1v) is 11.9. The van der Waals surface area contributed by atoms with E-state index in [-0.39, 0.29) is 0 Å². The monoisotopic (exact) mass is 307 g/mol. The van der Waals surface area contributed by atoms with Crippen LogP contribution in [0.2, 0.25) is 25.7 Å². The maximum absolute atomic E-state index is 3.45. The lowest BCUT2D eigenvalue weighted by atomic mass is 9.89. The minimum atomic E-state index is -1.04. The topological polar surface area (TPSA) is 15.8 Å². The molecule has 0 bridgehead atoms. The lowest BCUT2D eigenvalue weighted by Gasteiger charge is -2.22. The number of rotatable bonds is 5. The number of H-pyrrole nitrogens is 1. The van der Waals surface area contributed by atoms with Crippen LogP contribution in [-0.2, 0) is 0 Å². The summed E-state index contributed by atoms with van der Waals surface area (Å²) in [5, 5.41) is 1.37. The Hall–Kier alpha value is -1.80. The minimum Gasteiger partial charge on any atom is -0.361 e. The lowest BCUT2D eigenvalue weighted by Crippen LogP contribution is -2.20. The van der Waals surface area contributed by atoms with Crippen molar-refractivity contribution >= 4 is 19.0 Å². The van der Waals surface area contributed by atoms with Crippen LogP contribution in [0.25, 0.3) is 10.9 Å². The van der Waals surface area contributed by atoms with E-state index >= 15 is 0 Å². The van der Waals surface area contributed by atoms with Crippen LogP contribution in [0.5, 0.6) is 0 Å². The molecule has 0 saturated heterocycles. The molecule has 0 amide bonds. The summed E-state index contributed by atoms with van der Waals surface area (Å²) in [5.41, 5.74) is 4.12. The van der Waals surface area contributed by atoms with Crippen molar-refractivity contribution in [2.45, 2.75) is 38.0 Å². The molecule has 0 aliphatic rings. The largest absolute Gasteiger partial charge is 0.361 e. The predicted molar refractivity (Wildman–Crippen MR) is 99.4 cm³/mol. The SMILES string of the molecule is C[Si](C)(C)CCC(c1ccccc1)c1c[nH]c2ccccc12. The van der Waals surface area contributed by atoms with Crippen molar-refractivity contribution in [1.29, 1.82) is 0 Å². The summed E-state index contributed by atoms with van der Waals surface area (Å²) in [6.07, 6.45) is 3.45. The van der Waals surface area contributed by atoms with Gasteiger partial charge in [-0.15, -0.1) is 0 Å². The molecule has 3 aromatic rings. The van der Waals surface area contributed by atoms with Crippen LogP contribution in [0, 0.1) is 0 Å². The molecule has 1 unspecified atom stereocenters. The summed E-state index contributed by atoms with van der Waals surface area (Å²) in [5.74, 6) is 0.490. The summed E-state index contributed by atoms with van der Waals surface area (Å²) in [7, 11) is -1.04. The Morgan fingerprint density at radius 3 is 2.32 bits per heavy atom. The molecule has 1 aromatic heterocycles. The van der Waals surface area contributed by atoms with E-state index in [1.54, 1.807) is 0 Å². The highest BCUT2D eigenvalue weighted by Crippen LogP contribution is 2.35. The van der Waals surface area contributed by atoms with Crippen molar-refractivity contribution in [3.05, 3.63) is 71.9 Å². The van der Waals surface area contributed by atoms with Crippen LogP contribution in [0.1, 0.15) is 23.5 Å². The van der Waals surface area contributed by atoms with Gasteiger partial charge in [-0.2, -0.15) is 0 Å². The van der Waals surface area contributed by atoms with Crippen molar-refractivity contribution in [3.8, 4) is 0 Å². The molecule has 3 rings (SSSR count). The summed E-state index contributed by atoms with van der Waals surface area (Å²) in [6.45, 7) is 7.39. The van der Waals surface area contributed by atoms with E-state index in [9.17, 15) is 0 Å². The summed E-state index contributed by atoms with van der Waals surface area (Å²) < 4.78 is 0. The van der Waals surface area contributed by atoms with Gasteiger partial charge in [0.1, 0.15) is 0 Å². The first-order valence-electron chi connectivity index (χ1n) is 8.15. The summed E-state index contributed by atoms with van der Waals surface area (Å²) in [6, 6.07) is 21.0. The van der Waals surface area contributed by atoms with Crippen LogP contribution in [-0.4, -0.2) is 13.1 Å². The number of aromatic nitrogens is 1. The highest BCUT2D eigenvalue weighted by Gasteiger charge is 2.21. The fourth-order valence-electron chi connectivity index (χ4n) is 3.15. The highest BCUT2D eigenvalue weighted by molar-refractivity contribution is 6.76. The zero-order chi connectivity index (χ0) is 15.6. The number of para-hydroxylation sites is 1. The fraction of sp³-hybridized carbons (Fsp3) is 0.300. The van der Waals surface area contributed by atoms with E-state index in [1.165, 1.54) is 34.5 Å². The van der Waals surface area contributed by atoms with Gasteiger partial charge in [0.25, 0.3) is 0 Å². The Labute approximate surface area is 134 Å². The molecule has 2 heteroatoms. The second kappa shape index (κ2) is 6.13. The van der Waals surface area contributed by atoms with Crippen LogP contribution in [0.4, 0.5) is 0 Å². The predicted octanol–water partition coefficient (Wildman–Crippen LogP) is 6.03. The summed E-state index contributed by atoms with van der Waals surface area (Å²) >= 11 is 0. The van der Waals surface area contributed by atoms with Crippen LogP contribution >= 0.6 is 0 Å². The van der Waals surface area contributed by atoms with E-state index in [4.69, 9.17) is 0 Å². The van der Waals surface area contributed by atoms with Crippen LogP contribution in [0.15, 0.2) is 60.8 Å². The normalized spacial score (nSPS) is 13.4. The summed E-state index contributed by atoms with van der Waals surface area (Å²) in [4.78, 5) is 3.45. The molecular formula is C20H25NSi. The van der Waals surface area contributed by atoms with Gasteiger partial charge in [0, 0.05) is 31.1 Å². The molecule has 0 spiro atoms. The molecular weight excluding hydrogens is 282 g/mol. The molecule has 0 radical (unpaired) electrons. The maximum atomic E-state index is 3.45. The van der Waals surface area contributed by atoms with Crippen molar-refractivity contribution < 1.29 is 0 Å². The lowest BCUT2D eigenvalue weighted by molar-refractivity contribution is 0.772. The molecule has 1 heterocycles. The van der Waals surface area contributed by atoms with E-state index in [2.05, 4.69) is 85.4 Å². The van der Waals surface area contributed by atoms with E-state index in [0.717, 1.165) is 0 Å². The Kier molecular flexibility index (Phi) is 4.21. The second-order valence-corrected chi connectivity index (χ2v) is 13.0. The van der Waals surface area contributed by atoms with Crippen molar-refractivity contribution in [2.24, 2.45) is 0 Å². The highest BCUT2D eigenvalue weighted by atomic mass is 28.3. The van der Waals surface area contributed by atoms with Gasteiger partial charge in [0.2, 0.25) is 0 Å². The quantitative estimate of drug-likeness (QED) is 0.554. The van der Waals surface area contributed by atoms with Gasteiger partial charge in [-0.25, -0.2) is 0 Å². The first kappa shape index (κ1) is 15.1. The zero-order valence-electron chi connectivity index (χ0n) is 13.8. The average molecular weight is 308 g/mol. The van der Waals surface area contributed by atoms with Gasteiger partial charge in [-0.1, -0.05) is 74.2 Å². The Morgan fingerprint density at radius 1 is 0.909 bits per heavy atom. The number of fused-ring (bicyclic) bond motifs is 1.